The molecule has 0 saturated carbocycles. The molecule has 1 amide bonds. The Bertz CT molecular complexity index is 592. The van der Waals surface area contributed by atoms with Crippen LogP contribution in [-0.2, 0) is 4.79 Å². The van der Waals surface area contributed by atoms with Crippen molar-refractivity contribution in [3.05, 3.63) is 52.0 Å². The minimum Gasteiger partial charge on any atom is -0.298 e. The first kappa shape index (κ1) is 12.8. The first-order valence-corrected chi connectivity index (χ1v) is 6.56. The van der Waals surface area contributed by atoms with Gasteiger partial charge in [-0.2, -0.15) is 0 Å². The Balaban J connectivity index is 2.01. The minimum atomic E-state index is -0.218. The van der Waals surface area contributed by atoms with E-state index >= 15 is 0 Å². The number of hydrogen-bond donors (Lipinski definition) is 1. The second kappa shape index (κ2) is 5.80. The molecule has 0 bridgehead atoms. The fraction of sp³-hybridized carbons (Fsp3) is 0.0769. The molecule has 1 heterocycles. The summed E-state index contributed by atoms with van der Waals surface area (Å²) in [6, 6.07) is 7.34. The van der Waals surface area contributed by atoms with Crippen molar-refractivity contribution in [2.24, 2.45) is 0 Å². The second-order valence-corrected chi connectivity index (χ2v) is 4.90. The highest BCUT2D eigenvalue weighted by molar-refractivity contribution is 7.13. The topological polar surface area (TPSA) is 42.0 Å². The van der Waals surface area contributed by atoms with Crippen LogP contribution < -0.4 is 5.32 Å². The van der Waals surface area contributed by atoms with Crippen LogP contribution in [0.1, 0.15) is 11.3 Å². The van der Waals surface area contributed by atoms with Crippen LogP contribution in [0.4, 0.5) is 5.13 Å². The fourth-order valence-corrected chi connectivity index (χ4v) is 2.22. The summed E-state index contributed by atoms with van der Waals surface area (Å²) in [5.41, 5.74) is 1.70. The van der Waals surface area contributed by atoms with E-state index in [0.29, 0.717) is 10.2 Å². The summed E-state index contributed by atoms with van der Waals surface area (Å²) in [5, 5.41) is 5.79. The van der Waals surface area contributed by atoms with Gasteiger partial charge in [-0.1, -0.05) is 29.8 Å². The predicted molar refractivity (Wildman–Crippen MR) is 76.0 cm³/mol. The summed E-state index contributed by atoms with van der Waals surface area (Å²) in [5.74, 6) is -0.218. The first-order valence-electron chi connectivity index (χ1n) is 5.31. The molecule has 0 unspecified atom stereocenters. The standard InChI is InChI=1S/C13H11ClN2OS/c1-9-8-18-13(15-9)16-12(17)7-6-10-4-2-3-5-11(10)14/h2-8H,1H3,(H,15,16,17). The van der Waals surface area contributed by atoms with E-state index in [1.165, 1.54) is 17.4 Å². The lowest BCUT2D eigenvalue weighted by Crippen LogP contribution is -2.07. The van der Waals surface area contributed by atoms with Crippen LogP contribution in [0.15, 0.2) is 35.7 Å². The lowest BCUT2D eigenvalue weighted by Gasteiger charge is -1.97. The lowest BCUT2D eigenvalue weighted by molar-refractivity contribution is -0.111. The number of aryl methyl sites for hydroxylation is 1. The zero-order valence-corrected chi connectivity index (χ0v) is 11.3. The van der Waals surface area contributed by atoms with Crippen molar-refractivity contribution in [1.29, 1.82) is 0 Å². The number of aromatic nitrogens is 1. The van der Waals surface area contributed by atoms with Gasteiger partial charge in [0.2, 0.25) is 5.91 Å². The molecular formula is C13H11ClN2OS. The highest BCUT2D eigenvalue weighted by Gasteiger charge is 2.02. The van der Waals surface area contributed by atoms with Crippen molar-refractivity contribution in [2.45, 2.75) is 6.92 Å². The fourth-order valence-electron chi connectivity index (χ4n) is 1.33. The first-order chi connectivity index (χ1) is 8.65. The van der Waals surface area contributed by atoms with E-state index in [1.54, 1.807) is 12.1 Å². The number of thiazole rings is 1. The van der Waals surface area contributed by atoms with Crippen LogP contribution in [0.25, 0.3) is 6.08 Å². The minimum absolute atomic E-state index is 0.218. The Morgan fingerprint density at radius 1 is 1.44 bits per heavy atom. The van der Waals surface area contributed by atoms with Gasteiger partial charge in [0, 0.05) is 16.5 Å². The third-order valence-electron chi connectivity index (χ3n) is 2.17. The molecule has 5 heteroatoms. The Kier molecular flexibility index (Phi) is 4.12. The largest absolute Gasteiger partial charge is 0.298 e. The van der Waals surface area contributed by atoms with E-state index in [1.807, 2.05) is 30.5 Å². The molecule has 0 fully saturated rings. The van der Waals surface area contributed by atoms with Gasteiger partial charge in [0.15, 0.2) is 5.13 Å². The van der Waals surface area contributed by atoms with Gasteiger partial charge in [0.1, 0.15) is 0 Å². The molecule has 2 rings (SSSR count). The van der Waals surface area contributed by atoms with E-state index in [-0.39, 0.29) is 5.91 Å². The molecule has 92 valence electrons. The zero-order chi connectivity index (χ0) is 13.0. The molecule has 0 aliphatic heterocycles. The molecule has 1 N–H and O–H groups in total. The van der Waals surface area contributed by atoms with Crippen LogP contribution in [0.2, 0.25) is 5.02 Å². The number of rotatable bonds is 3. The highest BCUT2D eigenvalue weighted by atomic mass is 35.5. The van der Waals surface area contributed by atoms with Crippen molar-refractivity contribution < 1.29 is 4.79 Å². The van der Waals surface area contributed by atoms with Gasteiger partial charge in [0.05, 0.1) is 5.69 Å². The number of benzene rings is 1. The second-order valence-electron chi connectivity index (χ2n) is 3.64. The predicted octanol–water partition coefficient (Wildman–Crippen LogP) is 3.76. The molecule has 0 aliphatic rings. The number of carbonyl (C=O) groups excluding carboxylic acids is 1. The van der Waals surface area contributed by atoms with Crippen molar-refractivity contribution >= 4 is 40.1 Å². The Labute approximate surface area is 114 Å². The molecule has 1 aromatic heterocycles. The maximum absolute atomic E-state index is 11.6. The van der Waals surface area contributed by atoms with Gasteiger partial charge < -0.3 is 0 Å². The Hall–Kier alpha value is -1.65. The number of nitrogens with zero attached hydrogens (tertiary/aromatic N) is 1. The van der Waals surface area contributed by atoms with Crippen molar-refractivity contribution in [3.63, 3.8) is 0 Å². The average Bonchev–Trinajstić information content (AvgIpc) is 2.74. The summed E-state index contributed by atoms with van der Waals surface area (Å²) >= 11 is 7.38. The van der Waals surface area contributed by atoms with E-state index < -0.39 is 0 Å². The van der Waals surface area contributed by atoms with Crippen LogP contribution in [-0.4, -0.2) is 10.9 Å². The van der Waals surface area contributed by atoms with Gasteiger partial charge in [0.25, 0.3) is 0 Å². The molecule has 0 radical (unpaired) electrons. The molecule has 1 aromatic carbocycles. The number of halogens is 1. The van der Waals surface area contributed by atoms with Gasteiger partial charge in [-0.25, -0.2) is 4.98 Å². The summed E-state index contributed by atoms with van der Waals surface area (Å²) < 4.78 is 0. The number of hydrogen-bond acceptors (Lipinski definition) is 3. The molecule has 0 aliphatic carbocycles. The third-order valence-corrected chi connectivity index (χ3v) is 3.39. The SMILES string of the molecule is Cc1csc(NC(=O)C=Cc2ccccc2Cl)n1. The molecule has 0 spiro atoms. The van der Waals surface area contributed by atoms with Crippen LogP contribution >= 0.6 is 22.9 Å². The lowest BCUT2D eigenvalue weighted by atomic mass is 10.2. The number of amides is 1. The number of anilines is 1. The summed E-state index contributed by atoms with van der Waals surface area (Å²) in [4.78, 5) is 15.8. The Morgan fingerprint density at radius 3 is 2.89 bits per heavy atom. The Morgan fingerprint density at radius 2 is 2.22 bits per heavy atom. The normalized spacial score (nSPS) is 10.8. The van der Waals surface area contributed by atoms with Crippen molar-refractivity contribution in [2.75, 3.05) is 5.32 Å². The summed E-state index contributed by atoms with van der Waals surface area (Å²) in [7, 11) is 0. The van der Waals surface area contributed by atoms with E-state index in [0.717, 1.165) is 11.3 Å². The molecular weight excluding hydrogens is 268 g/mol. The average molecular weight is 279 g/mol. The third kappa shape index (κ3) is 3.42. The van der Waals surface area contributed by atoms with Gasteiger partial charge in [-0.3, -0.25) is 10.1 Å². The van der Waals surface area contributed by atoms with Crippen molar-refractivity contribution in [3.8, 4) is 0 Å². The number of carbonyl (C=O) groups is 1. The van der Waals surface area contributed by atoms with Gasteiger partial charge in [-0.15, -0.1) is 11.3 Å². The molecule has 0 atom stereocenters. The van der Waals surface area contributed by atoms with Gasteiger partial charge >= 0.3 is 0 Å². The van der Waals surface area contributed by atoms with E-state index in [9.17, 15) is 4.79 Å². The number of nitrogens with one attached hydrogen (secondary N) is 1. The van der Waals surface area contributed by atoms with Crippen LogP contribution in [0.5, 0.6) is 0 Å². The maximum Gasteiger partial charge on any atom is 0.250 e. The van der Waals surface area contributed by atoms with E-state index in [2.05, 4.69) is 10.3 Å². The molecule has 3 nitrogen and oxygen atoms in total. The molecule has 18 heavy (non-hydrogen) atoms. The smallest absolute Gasteiger partial charge is 0.250 e. The van der Waals surface area contributed by atoms with Crippen LogP contribution in [0.3, 0.4) is 0 Å². The quantitative estimate of drug-likeness (QED) is 0.869. The summed E-state index contributed by atoms with van der Waals surface area (Å²) in [6.07, 6.45) is 3.12. The highest BCUT2D eigenvalue weighted by Crippen LogP contribution is 2.17. The molecule has 0 saturated heterocycles. The van der Waals surface area contributed by atoms with Crippen molar-refractivity contribution in [1.82, 2.24) is 4.98 Å². The van der Waals surface area contributed by atoms with E-state index in [4.69, 9.17) is 11.6 Å². The monoisotopic (exact) mass is 278 g/mol. The van der Waals surface area contributed by atoms with Crippen LogP contribution in [0, 0.1) is 6.92 Å². The molecule has 2 aromatic rings. The maximum atomic E-state index is 11.6. The summed E-state index contributed by atoms with van der Waals surface area (Å²) in [6.45, 7) is 1.88. The zero-order valence-electron chi connectivity index (χ0n) is 9.68. The van der Waals surface area contributed by atoms with Gasteiger partial charge in [-0.05, 0) is 24.6 Å².